The highest BCUT2D eigenvalue weighted by Gasteiger charge is 2.32. The van der Waals surface area contributed by atoms with Gasteiger partial charge in [0.2, 0.25) is 5.91 Å². The molecule has 0 radical (unpaired) electrons. The SMILES string of the molecule is CCC(N)CC(=O)NC1CCC(C(C)(C)CC)CC1. The summed E-state index contributed by atoms with van der Waals surface area (Å²) in [6, 6.07) is 0.385. The third-order valence-electron chi connectivity index (χ3n) is 5.08. The summed E-state index contributed by atoms with van der Waals surface area (Å²) in [5.41, 5.74) is 6.26. The molecule has 1 saturated carbocycles. The van der Waals surface area contributed by atoms with Gasteiger partial charge >= 0.3 is 0 Å². The molecule has 0 bridgehead atoms. The molecule has 0 saturated heterocycles. The maximum Gasteiger partial charge on any atom is 0.221 e. The lowest BCUT2D eigenvalue weighted by molar-refractivity contribution is -0.122. The topological polar surface area (TPSA) is 55.1 Å². The Balaban J connectivity index is 2.32. The van der Waals surface area contributed by atoms with Gasteiger partial charge in [0.05, 0.1) is 0 Å². The van der Waals surface area contributed by atoms with Crippen LogP contribution < -0.4 is 11.1 Å². The summed E-state index contributed by atoms with van der Waals surface area (Å²) in [6.45, 7) is 9.05. The predicted molar refractivity (Wildman–Crippen MR) is 80.8 cm³/mol. The third kappa shape index (κ3) is 5.13. The van der Waals surface area contributed by atoms with Crippen molar-refractivity contribution in [1.82, 2.24) is 5.32 Å². The Kier molecular flexibility index (Phi) is 6.31. The van der Waals surface area contributed by atoms with Gasteiger partial charge < -0.3 is 11.1 Å². The molecule has 3 heteroatoms. The molecule has 1 unspecified atom stereocenters. The number of hydrogen-bond acceptors (Lipinski definition) is 2. The van der Waals surface area contributed by atoms with Crippen LogP contribution in [0.25, 0.3) is 0 Å². The van der Waals surface area contributed by atoms with Gasteiger partial charge in [-0.15, -0.1) is 0 Å². The molecule has 0 spiro atoms. The second-order valence-corrected chi connectivity index (χ2v) is 6.83. The van der Waals surface area contributed by atoms with Gasteiger partial charge in [0.15, 0.2) is 0 Å². The number of nitrogens with one attached hydrogen (secondary N) is 1. The van der Waals surface area contributed by atoms with Gasteiger partial charge in [-0.25, -0.2) is 0 Å². The maximum atomic E-state index is 11.8. The summed E-state index contributed by atoms with van der Waals surface area (Å²) in [7, 11) is 0. The second-order valence-electron chi connectivity index (χ2n) is 6.83. The molecule has 3 N–H and O–H groups in total. The van der Waals surface area contributed by atoms with Crippen molar-refractivity contribution in [3.05, 3.63) is 0 Å². The quantitative estimate of drug-likeness (QED) is 0.777. The highest BCUT2D eigenvalue weighted by Crippen LogP contribution is 2.40. The van der Waals surface area contributed by atoms with Crippen LogP contribution in [-0.4, -0.2) is 18.0 Å². The maximum absolute atomic E-state index is 11.8. The lowest BCUT2D eigenvalue weighted by atomic mass is 9.69. The normalized spacial score (nSPS) is 25.9. The largest absolute Gasteiger partial charge is 0.353 e. The molecule has 0 heterocycles. The number of carbonyl (C=O) groups is 1. The molecule has 0 aromatic heterocycles. The van der Waals surface area contributed by atoms with E-state index in [-0.39, 0.29) is 11.9 Å². The van der Waals surface area contributed by atoms with E-state index < -0.39 is 0 Å². The molecule has 3 nitrogen and oxygen atoms in total. The van der Waals surface area contributed by atoms with E-state index in [1.165, 1.54) is 19.3 Å². The Labute approximate surface area is 118 Å². The Hall–Kier alpha value is -0.570. The average molecular weight is 268 g/mol. The van der Waals surface area contributed by atoms with Crippen LogP contribution in [-0.2, 0) is 4.79 Å². The molecular weight excluding hydrogens is 236 g/mol. The molecule has 1 atom stereocenters. The summed E-state index contributed by atoms with van der Waals surface area (Å²) < 4.78 is 0. The van der Waals surface area contributed by atoms with Crippen molar-refractivity contribution in [3.8, 4) is 0 Å². The van der Waals surface area contributed by atoms with Crippen molar-refractivity contribution >= 4 is 5.91 Å². The number of carbonyl (C=O) groups excluding carboxylic acids is 1. The van der Waals surface area contributed by atoms with Crippen LogP contribution >= 0.6 is 0 Å². The van der Waals surface area contributed by atoms with E-state index in [0.717, 1.165) is 25.2 Å². The zero-order valence-corrected chi connectivity index (χ0v) is 13.2. The Morgan fingerprint density at radius 3 is 2.32 bits per heavy atom. The van der Waals surface area contributed by atoms with Gasteiger partial charge in [0, 0.05) is 18.5 Å². The van der Waals surface area contributed by atoms with Crippen LogP contribution in [0.5, 0.6) is 0 Å². The van der Waals surface area contributed by atoms with E-state index in [1.807, 2.05) is 6.92 Å². The molecule has 1 rings (SSSR count). The molecule has 0 aromatic rings. The van der Waals surface area contributed by atoms with Crippen molar-refractivity contribution in [3.63, 3.8) is 0 Å². The molecular formula is C16H32N2O. The van der Waals surface area contributed by atoms with Crippen molar-refractivity contribution < 1.29 is 4.79 Å². The van der Waals surface area contributed by atoms with E-state index in [4.69, 9.17) is 5.73 Å². The first-order valence-corrected chi connectivity index (χ1v) is 7.94. The summed E-state index contributed by atoms with van der Waals surface area (Å²) >= 11 is 0. The fourth-order valence-electron chi connectivity index (χ4n) is 2.98. The standard InChI is InChI=1S/C16H32N2O/c1-5-13(17)11-15(19)18-14-9-7-12(8-10-14)16(3,4)6-2/h12-14H,5-11,17H2,1-4H3,(H,18,19). The molecule has 0 aromatic carbocycles. The van der Waals surface area contributed by atoms with E-state index >= 15 is 0 Å². The Morgan fingerprint density at radius 1 is 1.26 bits per heavy atom. The molecule has 1 aliphatic rings. The van der Waals surface area contributed by atoms with Gasteiger partial charge in [-0.3, -0.25) is 4.79 Å². The number of nitrogens with two attached hydrogens (primary N) is 1. The van der Waals surface area contributed by atoms with E-state index in [1.54, 1.807) is 0 Å². The van der Waals surface area contributed by atoms with Gasteiger partial charge in [-0.2, -0.15) is 0 Å². The smallest absolute Gasteiger partial charge is 0.221 e. The first-order chi connectivity index (χ1) is 8.89. The Bertz CT molecular complexity index is 280. The van der Waals surface area contributed by atoms with Crippen molar-refractivity contribution in [2.24, 2.45) is 17.1 Å². The van der Waals surface area contributed by atoms with Crippen molar-refractivity contribution in [2.45, 2.75) is 84.7 Å². The predicted octanol–water partition coefficient (Wildman–Crippen LogP) is 3.23. The van der Waals surface area contributed by atoms with E-state index in [2.05, 4.69) is 26.1 Å². The minimum absolute atomic E-state index is 0.00960. The zero-order chi connectivity index (χ0) is 14.5. The molecule has 0 aliphatic heterocycles. The molecule has 1 amide bonds. The zero-order valence-electron chi connectivity index (χ0n) is 13.2. The highest BCUT2D eigenvalue weighted by atomic mass is 16.1. The van der Waals surface area contributed by atoms with Crippen LogP contribution in [0.15, 0.2) is 0 Å². The summed E-state index contributed by atoms with van der Waals surface area (Å²) in [4.78, 5) is 11.8. The minimum Gasteiger partial charge on any atom is -0.353 e. The summed E-state index contributed by atoms with van der Waals surface area (Å²) in [5.74, 6) is 0.941. The van der Waals surface area contributed by atoms with Crippen molar-refractivity contribution in [1.29, 1.82) is 0 Å². The number of amides is 1. The van der Waals surface area contributed by atoms with Crippen LogP contribution in [0, 0.1) is 11.3 Å². The van der Waals surface area contributed by atoms with Gasteiger partial charge in [-0.1, -0.05) is 34.1 Å². The fraction of sp³-hybridized carbons (Fsp3) is 0.938. The number of rotatable bonds is 6. The fourth-order valence-corrected chi connectivity index (χ4v) is 2.98. The summed E-state index contributed by atoms with van der Waals surface area (Å²) in [5, 5.41) is 3.16. The van der Waals surface area contributed by atoms with Crippen LogP contribution in [0.3, 0.4) is 0 Å². The van der Waals surface area contributed by atoms with E-state index in [0.29, 0.717) is 17.9 Å². The lowest BCUT2D eigenvalue weighted by Crippen LogP contribution is -2.41. The lowest BCUT2D eigenvalue weighted by Gasteiger charge is -2.39. The van der Waals surface area contributed by atoms with E-state index in [9.17, 15) is 4.79 Å². The first kappa shape index (κ1) is 16.5. The van der Waals surface area contributed by atoms with Crippen molar-refractivity contribution in [2.75, 3.05) is 0 Å². The monoisotopic (exact) mass is 268 g/mol. The molecule has 1 fully saturated rings. The Morgan fingerprint density at radius 2 is 1.84 bits per heavy atom. The summed E-state index contributed by atoms with van der Waals surface area (Å²) in [6.07, 6.45) is 7.31. The molecule has 1 aliphatic carbocycles. The minimum atomic E-state index is 0.00960. The highest BCUT2D eigenvalue weighted by molar-refractivity contribution is 5.76. The third-order valence-corrected chi connectivity index (χ3v) is 5.08. The van der Waals surface area contributed by atoms with Gasteiger partial charge in [-0.05, 0) is 43.4 Å². The average Bonchev–Trinajstić information content (AvgIpc) is 2.39. The number of hydrogen-bond donors (Lipinski definition) is 2. The molecule has 19 heavy (non-hydrogen) atoms. The molecule has 112 valence electrons. The van der Waals surface area contributed by atoms with Crippen LogP contribution in [0.1, 0.15) is 72.6 Å². The second kappa shape index (κ2) is 7.28. The van der Waals surface area contributed by atoms with Gasteiger partial charge in [0.1, 0.15) is 0 Å². The van der Waals surface area contributed by atoms with Gasteiger partial charge in [0.25, 0.3) is 0 Å². The first-order valence-electron chi connectivity index (χ1n) is 7.94. The van der Waals surface area contributed by atoms with Crippen LogP contribution in [0.4, 0.5) is 0 Å². The van der Waals surface area contributed by atoms with Crippen LogP contribution in [0.2, 0.25) is 0 Å².